The van der Waals surface area contributed by atoms with Crippen LogP contribution in [0.4, 0.5) is 5.00 Å². The van der Waals surface area contributed by atoms with Gasteiger partial charge in [-0.25, -0.2) is 0 Å². The maximum absolute atomic E-state index is 12.2. The van der Waals surface area contributed by atoms with Gasteiger partial charge >= 0.3 is 0 Å². The number of rotatable bonds is 2. The van der Waals surface area contributed by atoms with Crippen LogP contribution >= 0.6 is 11.3 Å². The van der Waals surface area contributed by atoms with Gasteiger partial charge in [0, 0.05) is 18.1 Å². The van der Waals surface area contributed by atoms with E-state index in [1.54, 1.807) is 24.0 Å². The van der Waals surface area contributed by atoms with E-state index < -0.39 is 0 Å². The number of nitriles is 1. The maximum atomic E-state index is 12.2. The van der Waals surface area contributed by atoms with Crippen molar-refractivity contribution in [2.75, 3.05) is 5.32 Å². The Morgan fingerprint density at radius 3 is 3.10 bits per heavy atom. The molecule has 2 heterocycles. The van der Waals surface area contributed by atoms with Crippen molar-refractivity contribution >= 4 is 22.2 Å². The lowest BCUT2D eigenvalue weighted by Crippen LogP contribution is -2.13. The zero-order chi connectivity index (χ0) is 15.0. The third-order valence-corrected chi connectivity index (χ3v) is 4.97. The number of fused-ring (bicyclic) bond motifs is 1. The molecule has 108 valence electrons. The number of carbonyl (C=O) groups excluding carboxylic acids is 1. The Bertz CT molecular complexity index is 737. The Labute approximate surface area is 127 Å². The summed E-state index contributed by atoms with van der Waals surface area (Å²) in [6.45, 7) is 2.22. The number of hydrogen-bond acceptors (Lipinski definition) is 4. The minimum Gasteiger partial charge on any atom is -0.311 e. The third kappa shape index (κ3) is 2.57. The monoisotopic (exact) mass is 300 g/mol. The summed E-state index contributed by atoms with van der Waals surface area (Å²) in [5, 5.41) is 17.0. The largest absolute Gasteiger partial charge is 0.311 e. The van der Waals surface area contributed by atoms with Crippen molar-refractivity contribution in [1.29, 1.82) is 5.26 Å². The van der Waals surface area contributed by atoms with Gasteiger partial charge < -0.3 is 5.32 Å². The number of aromatic nitrogens is 2. The van der Waals surface area contributed by atoms with Gasteiger partial charge in [0.15, 0.2) is 5.69 Å². The molecule has 3 rings (SSSR count). The van der Waals surface area contributed by atoms with Gasteiger partial charge in [0.25, 0.3) is 5.91 Å². The number of nitrogens with one attached hydrogen (secondary N) is 1. The molecule has 0 bridgehead atoms. The normalized spacial score (nSPS) is 17.1. The van der Waals surface area contributed by atoms with Crippen molar-refractivity contribution in [2.45, 2.75) is 26.2 Å². The molecule has 1 aliphatic rings. The fourth-order valence-corrected chi connectivity index (χ4v) is 4.02. The molecule has 2 aromatic rings. The molecule has 0 spiro atoms. The molecular formula is C15H16N4OS. The molecule has 5 nitrogen and oxygen atoms in total. The second-order valence-corrected chi connectivity index (χ2v) is 6.60. The summed E-state index contributed by atoms with van der Waals surface area (Å²) in [7, 11) is 1.77. The molecule has 0 aromatic carbocycles. The highest BCUT2D eigenvalue weighted by molar-refractivity contribution is 7.16. The number of hydrogen-bond donors (Lipinski definition) is 1. The van der Waals surface area contributed by atoms with Gasteiger partial charge in [0.2, 0.25) is 0 Å². The van der Waals surface area contributed by atoms with Gasteiger partial charge in [-0.2, -0.15) is 10.4 Å². The zero-order valence-corrected chi connectivity index (χ0v) is 12.8. The van der Waals surface area contributed by atoms with Gasteiger partial charge in [-0.05, 0) is 36.8 Å². The molecule has 1 unspecified atom stereocenters. The molecule has 0 saturated heterocycles. The molecule has 1 N–H and O–H groups in total. The topological polar surface area (TPSA) is 70.7 Å². The fraction of sp³-hybridized carbons (Fsp3) is 0.400. The van der Waals surface area contributed by atoms with E-state index in [1.165, 1.54) is 16.2 Å². The number of thiophene rings is 1. The van der Waals surface area contributed by atoms with Crippen LogP contribution in [0.5, 0.6) is 0 Å². The summed E-state index contributed by atoms with van der Waals surface area (Å²) in [6.07, 6.45) is 4.75. The highest BCUT2D eigenvalue weighted by atomic mass is 32.1. The first-order valence-electron chi connectivity index (χ1n) is 6.94. The summed E-state index contributed by atoms with van der Waals surface area (Å²) in [5.41, 5.74) is 2.12. The van der Waals surface area contributed by atoms with Gasteiger partial charge in [0.05, 0.1) is 5.56 Å². The smallest absolute Gasteiger partial charge is 0.276 e. The van der Waals surface area contributed by atoms with Gasteiger partial charge in [-0.1, -0.05) is 6.92 Å². The third-order valence-electron chi connectivity index (χ3n) is 3.80. The van der Waals surface area contributed by atoms with E-state index in [2.05, 4.69) is 23.4 Å². The number of carbonyl (C=O) groups is 1. The average molecular weight is 300 g/mol. The number of anilines is 1. The minimum absolute atomic E-state index is 0.265. The lowest BCUT2D eigenvalue weighted by molar-refractivity contribution is 0.102. The molecule has 6 heteroatoms. The Hall–Kier alpha value is -2.13. The zero-order valence-electron chi connectivity index (χ0n) is 12.0. The quantitative estimate of drug-likeness (QED) is 0.927. The van der Waals surface area contributed by atoms with E-state index in [0.717, 1.165) is 24.8 Å². The minimum atomic E-state index is -0.265. The second kappa shape index (κ2) is 5.34. The van der Waals surface area contributed by atoms with Crippen LogP contribution < -0.4 is 5.32 Å². The number of nitrogens with zero attached hydrogens (tertiary/aromatic N) is 3. The number of aryl methyl sites for hydroxylation is 1. The highest BCUT2D eigenvalue weighted by Crippen LogP contribution is 2.39. The van der Waals surface area contributed by atoms with Crippen LogP contribution in [0.3, 0.4) is 0 Å². The number of amides is 1. The molecular weight excluding hydrogens is 284 g/mol. The lowest BCUT2D eigenvalue weighted by atomic mass is 9.89. The van der Waals surface area contributed by atoms with Crippen molar-refractivity contribution in [1.82, 2.24) is 9.78 Å². The predicted molar refractivity (Wildman–Crippen MR) is 81.4 cm³/mol. The first kappa shape index (κ1) is 13.8. The summed E-state index contributed by atoms with van der Waals surface area (Å²) in [4.78, 5) is 13.4. The first-order valence-corrected chi connectivity index (χ1v) is 7.75. The highest BCUT2D eigenvalue weighted by Gasteiger charge is 2.25. The molecule has 2 aromatic heterocycles. The van der Waals surface area contributed by atoms with Crippen LogP contribution in [0.1, 0.15) is 39.8 Å². The van der Waals surface area contributed by atoms with Crippen molar-refractivity contribution < 1.29 is 4.79 Å². The molecule has 1 aliphatic carbocycles. The lowest BCUT2D eigenvalue weighted by Gasteiger charge is -2.17. The SMILES string of the molecule is CC1CCc2c(sc(NC(=O)c3ccn(C)n3)c2C#N)C1. The van der Waals surface area contributed by atoms with Crippen molar-refractivity contribution in [3.8, 4) is 6.07 Å². The van der Waals surface area contributed by atoms with Gasteiger partial charge in [0.1, 0.15) is 11.1 Å². The molecule has 21 heavy (non-hydrogen) atoms. The van der Waals surface area contributed by atoms with Gasteiger partial charge in [-0.3, -0.25) is 9.48 Å². The summed E-state index contributed by atoms with van der Waals surface area (Å²) in [5.74, 6) is 0.376. The first-order chi connectivity index (χ1) is 10.1. The second-order valence-electron chi connectivity index (χ2n) is 5.50. The van der Waals surface area contributed by atoms with Crippen LogP contribution in [0.15, 0.2) is 12.3 Å². The van der Waals surface area contributed by atoms with E-state index in [1.807, 2.05) is 0 Å². The van der Waals surface area contributed by atoms with Crippen LogP contribution in [-0.2, 0) is 19.9 Å². The molecule has 0 fully saturated rings. The van der Waals surface area contributed by atoms with E-state index in [4.69, 9.17) is 0 Å². The summed E-state index contributed by atoms with van der Waals surface area (Å²) in [6, 6.07) is 3.91. The Kier molecular flexibility index (Phi) is 3.52. The molecule has 0 radical (unpaired) electrons. The summed E-state index contributed by atoms with van der Waals surface area (Å²) >= 11 is 1.53. The van der Waals surface area contributed by atoms with Crippen LogP contribution in [0.25, 0.3) is 0 Å². The van der Waals surface area contributed by atoms with Crippen molar-refractivity contribution in [3.05, 3.63) is 34.0 Å². The average Bonchev–Trinajstić information content (AvgIpc) is 3.01. The summed E-state index contributed by atoms with van der Waals surface area (Å²) < 4.78 is 1.58. The van der Waals surface area contributed by atoms with Crippen LogP contribution in [-0.4, -0.2) is 15.7 Å². The molecule has 1 atom stereocenters. The molecule has 0 aliphatic heterocycles. The van der Waals surface area contributed by atoms with Crippen molar-refractivity contribution in [3.63, 3.8) is 0 Å². The molecule has 1 amide bonds. The molecule has 0 saturated carbocycles. The fourth-order valence-electron chi connectivity index (χ4n) is 2.66. The Morgan fingerprint density at radius 2 is 2.43 bits per heavy atom. The Morgan fingerprint density at radius 1 is 1.62 bits per heavy atom. The van der Waals surface area contributed by atoms with Crippen LogP contribution in [0, 0.1) is 17.2 Å². The predicted octanol–water partition coefficient (Wildman–Crippen LogP) is 2.73. The Balaban J connectivity index is 1.89. The van der Waals surface area contributed by atoms with E-state index >= 15 is 0 Å². The van der Waals surface area contributed by atoms with Crippen LogP contribution in [0.2, 0.25) is 0 Å². The van der Waals surface area contributed by atoms with E-state index in [9.17, 15) is 10.1 Å². The van der Waals surface area contributed by atoms with Crippen molar-refractivity contribution in [2.24, 2.45) is 13.0 Å². The maximum Gasteiger partial charge on any atom is 0.276 e. The van der Waals surface area contributed by atoms with Gasteiger partial charge in [-0.15, -0.1) is 11.3 Å². The van der Waals surface area contributed by atoms with E-state index in [0.29, 0.717) is 22.2 Å². The van der Waals surface area contributed by atoms with E-state index in [-0.39, 0.29) is 5.91 Å². The standard InChI is InChI=1S/C15H16N4OS/c1-9-3-4-10-11(8-16)15(21-13(10)7-9)17-14(20)12-5-6-19(2)18-12/h5-6,9H,3-4,7H2,1-2H3,(H,17,20).